The van der Waals surface area contributed by atoms with Crippen LogP contribution in [0.3, 0.4) is 0 Å². The van der Waals surface area contributed by atoms with E-state index >= 15 is 0 Å². The molecule has 0 radical (unpaired) electrons. The molecule has 0 fully saturated rings. The fourth-order valence-corrected chi connectivity index (χ4v) is 2.20. The highest BCUT2D eigenvalue weighted by Crippen LogP contribution is 2.22. The van der Waals surface area contributed by atoms with Gasteiger partial charge in [0.05, 0.1) is 0 Å². The number of carbonyl (C=O) groups excluding carboxylic acids is 1. The molecule has 4 nitrogen and oxygen atoms in total. The van der Waals surface area contributed by atoms with Crippen LogP contribution in [0.2, 0.25) is 0 Å². The summed E-state index contributed by atoms with van der Waals surface area (Å²) in [5, 5.41) is -0.306. The number of fused-ring (bicyclic) bond motifs is 1. The van der Waals surface area contributed by atoms with Gasteiger partial charge >= 0.3 is 5.63 Å². The fourth-order valence-electron chi connectivity index (χ4n) is 2.07. The van der Waals surface area contributed by atoms with Gasteiger partial charge in [-0.05, 0) is 47.5 Å². The van der Waals surface area contributed by atoms with Crippen molar-refractivity contribution in [2.75, 3.05) is 0 Å². The quantitative estimate of drug-likeness (QED) is 0.537. The van der Waals surface area contributed by atoms with Crippen LogP contribution in [0.25, 0.3) is 11.0 Å². The molecule has 1 aromatic heterocycles. The molecule has 1 heterocycles. The summed E-state index contributed by atoms with van der Waals surface area (Å²) < 4.78 is 23.5. The van der Waals surface area contributed by atoms with Crippen molar-refractivity contribution >= 4 is 27.8 Å². The molecule has 0 unspecified atom stereocenters. The van der Waals surface area contributed by atoms with Crippen LogP contribution in [-0.2, 0) is 6.61 Å². The summed E-state index contributed by atoms with van der Waals surface area (Å²) in [6.45, 7) is 0.244. The van der Waals surface area contributed by atoms with Gasteiger partial charge in [0.25, 0.3) is 5.24 Å². The zero-order valence-corrected chi connectivity index (χ0v) is 12.5. The number of ether oxygens (including phenoxy) is 1. The summed E-state index contributed by atoms with van der Waals surface area (Å²) in [5.41, 5.74) is 0.0802. The Morgan fingerprint density at radius 2 is 1.87 bits per heavy atom. The molecule has 0 aliphatic carbocycles. The number of hydrogen-bond donors (Lipinski definition) is 0. The topological polar surface area (TPSA) is 56.5 Å². The van der Waals surface area contributed by atoms with Gasteiger partial charge in [-0.2, -0.15) is 0 Å². The summed E-state index contributed by atoms with van der Waals surface area (Å²) >= 11 is 5.32. The molecule has 0 aliphatic heterocycles. The average Bonchev–Trinajstić information content (AvgIpc) is 2.53. The van der Waals surface area contributed by atoms with Crippen LogP contribution < -0.4 is 10.4 Å². The predicted molar refractivity (Wildman–Crippen MR) is 83.4 cm³/mol. The summed E-state index contributed by atoms with van der Waals surface area (Å²) in [6.07, 6.45) is 0. The summed E-state index contributed by atoms with van der Waals surface area (Å²) in [6, 6.07) is 12.2. The van der Waals surface area contributed by atoms with Crippen molar-refractivity contribution in [2.24, 2.45) is 0 Å². The molecule has 0 aliphatic rings. The minimum atomic E-state index is -0.864. The van der Waals surface area contributed by atoms with Gasteiger partial charge in [-0.3, -0.25) is 4.79 Å². The first-order valence-electron chi connectivity index (χ1n) is 6.68. The lowest BCUT2D eigenvalue weighted by Gasteiger charge is -2.07. The van der Waals surface area contributed by atoms with Crippen molar-refractivity contribution in [1.82, 2.24) is 0 Å². The molecular weight excluding hydrogens is 323 g/mol. The minimum Gasteiger partial charge on any atom is -0.489 e. The van der Waals surface area contributed by atoms with Crippen LogP contribution in [0.5, 0.6) is 5.75 Å². The number of rotatable bonds is 4. The second-order valence-corrected chi connectivity index (χ2v) is 5.18. The van der Waals surface area contributed by atoms with E-state index in [9.17, 15) is 14.0 Å². The van der Waals surface area contributed by atoms with E-state index in [2.05, 4.69) is 0 Å². The highest BCUT2D eigenvalue weighted by Gasteiger charge is 2.11. The molecule has 0 spiro atoms. The minimum absolute atomic E-state index is 0.209. The summed E-state index contributed by atoms with van der Waals surface area (Å²) in [4.78, 5) is 22.8. The number of benzene rings is 2. The van der Waals surface area contributed by atoms with E-state index in [1.807, 2.05) is 0 Å². The Morgan fingerprint density at radius 1 is 1.13 bits per heavy atom. The monoisotopic (exact) mass is 332 g/mol. The predicted octanol–water partition coefficient (Wildman–Crippen LogP) is 3.89. The molecule has 0 atom stereocenters. The molecule has 23 heavy (non-hydrogen) atoms. The van der Waals surface area contributed by atoms with Gasteiger partial charge in [0.2, 0.25) is 0 Å². The Balaban J connectivity index is 1.85. The summed E-state index contributed by atoms with van der Waals surface area (Å²) in [5.74, 6) is 0.167. The maximum atomic E-state index is 12.8. The Morgan fingerprint density at radius 3 is 2.57 bits per heavy atom. The SMILES string of the molecule is O=C(Cl)c1cc2ccc(OCc3ccc(F)cc3)cc2oc1=O. The second-order valence-electron chi connectivity index (χ2n) is 4.84. The fraction of sp³-hybridized carbons (Fsp3) is 0.0588. The molecule has 0 saturated carbocycles. The van der Waals surface area contributed by atoms with Gasteiger partial charge in [-0.15, -0.1) is 0 Å². The maximum absolute atomic E-state index is 12.8. The molecule has 3 rings (SSSR count). The normalized spacial score (nSPS) is 10.7. The molecule has 0 N–H and O–H groups in total. The molecule has 6 heteroatoms. The van der Waals surface area contributed by atoms with Gasteiger partial charge < -0.3 is 9.15 Å². The van der Waals surface area contributed by atoms with Crippen LogP contribution in [0.4, 0.5) is 4.39 Å². The molecule has 3 aromatic rings. The van der Waals surface area contributed by atoms with Crippen LogP contribution in [0, 0.1) is 5.82 Å². The van der Waals surface area contributed by atoms with Gasteiger partial charge in [0.1, 0.15) is 29.3 Å². The van der Waals surface area contributed by atoms with Crippen LogP contribution in [-0.4, -0.2) is 5.24 Å². The van der Waals surface area contributed by atoms with Crippen molar-refractivity contribution in [2.45, 2.75) is 6.61 Å². The van der Waals surface area contributed by atoms with Gasteiger partial charge in [0.15, 0.2) is 0 Å². The standard InChI is InChI=1S/C17H10ClFO4/c18-16(20)14-7-11-3-6-13(8-15(11)23-17(14)21)22-9-10-1-4-12(19)5-2-10/h1-8H,9H2. The first-order valence-corrected chi connectivity index (χ1v) is 7.06. The third-order valence-electron chi connectivity index (χ3n) is 3.24. The van der Waals surface area contributed by atoms with E-state index in [0.29, 0.717) is 11.1 Å². The Hall–Kier alpha value is -2.66. The lowest BCUT2D eigenvalue weighted by molar-refractivity contribution is 0.107. The van der Waals surface area contributed by atoms with Crippen molar-refractivity contribution in [3.8, 4) is 5.75 Å². The molecule has 0 saturated heterocycles. The largest absolute Gasteiger partial charge is 0.489 e. The second kappa shape index (κ2) is 6.22. The van der Waals surface area contributed by atoms with E-state index in [0.717, 1.165) is 5.56 Å². The smallest absolute Gasteiger partial charge is 0.348 e. The third kappa shape index (κ3) is 3.40. The molecule has 116 valence electrons. The lowest BCUT2D eigenvalue weighted by atomic mass is 10.2. The first kappa shape index (κ1) is 15.2. The van der Waals surface area contributed by atoms with Crippen molar-refractivity contribution < 1.29 is 18.3 Å². The highest BCUT2D eigenvalue weighted by molar-refractivity contribution is 6.67. The van der Waals surface area contributed by atoms with Gasteiger partial charge in [0, 0.05) is 11.5 Å². The van der Waals surface area contributed by atoms with Crippen molar-refractivity contribution in [1.29, 1.82) is 0 Å². The molecule has 2 aromatic carbocycles. The third-order valence-corrected chi connectivity index (χ3v) is 3.44. The zero-order valence-electron chi connectivity index (χ0n) is 11.7. The average molecular weight is 333 g/mol. The van der Waals surface area contributed by atoms with Crippen molar-refractivity contribution in [3.63, 3.8) is 0 Å². The van der Waals surface area contributed by atoms with Gasteiger partial charge in [-0.1, -0.05) is 12.1 Å². The number of halogens is 2. The lowest BCUT2D eigenvalue weighted by Crippen LogP contribution is -2.09. The molecule has 0 bridgehead atoms. The van der Waals surface area contributed by atoms with Crippen LogP contribution in [0.1, 0.15) is 15.9 Å². The molecular formula is C17H10ClFO4. The maximum Gasteiger partial charge on any atom is 0.348 e. The number of hydrogen-bond acceptors (Lipinski definition) is 4. The van der Waals surface area contributed by atoms with E-state index < -0.39 is 10.9 Å². The highest BCUT2D eigenvalue weighted by atomic mass is 35.5. The Labute approximate surface area is 135 Å². The van der Waals surface area contributed by atoms with E-state index in [4.69, 9.17) is 20.8 Å². The van der Waals surface area contributed by atoms with E-state index in [1.165, 1.54) is 18.2 Å². The zero-order chi connectivity index (χ0) is 16.4. The Bertz CT molecular complexity index is 931. The molecule has 0 amide bonds. The summed E-state index contributed by atoms with van der Waals surface area (Å²) in [7, 11) is 0. The van der Waals surface area contributed by atoms with Gasteiger partial charge in [-0.25, -0.2) is 9.18 Å². The Kier molecular flexibility index (Phi) is 4.12. The van der Waals surface area contributed by atoms with Crippen molar-refractivity contribution in [3.05, 3.63) is 75.9 Å². The van der Waals surface area contributed by atoms with E-state index in [-0.39, 0.29) is 23.6 Å². The van der Waals surface area contributed by atoms with E-state index in [1.54, 1.807) is 30.3 Å². The number of carbonyl (C=O) groups is 1. The first-order chi connectivity index (χ1) is 11.0. The van der Waals surface area contributed by atoms with Crippen LogP contribution >= 0.6 is 11.6 Å². The van der Waals surface area contributed by atoms with Crippen LogP contribution in [0.15, 0.2) is 57.7 Å².